The van der Waals surface area contributed by atoms with Crippen molar-refractivity contribution in [3.8, 4) is 0 Å². The molecule has 0 aromatic rings. The van der Waals surface area contributed by atoms with Crippen LogP contribution in [0.2, 0.25) is 0 Å². The molecule has 0 saturated carbocycles. The van der Waals surface area contributed by atoms with Crippen LogP contribution < -0.4 is 0 Å². The molecular weight excluding hydrogens is 244 g/mol. The highest BCUT2D eigenvalue weighted by molar-refractivity contribution is 5.74. The van der Waals surface area contributed by atoms with E-state index in [1.54, 1.807) is 20.8 Å². The molecule has 19 heavy (non-hydrogen) atoms. The van der Waals surface area contributed by atoms with Gasteiger partial charge in [0.1, 0.15) is 0 Å². The van der Waals surface area contributed by atoms with Crippen molar-refractivity contribution in [2.45, 2.75) is 72.6 Å². The Morgan fingerprint density at radius 2 is 1.37 bits per heavy atom. The maximum atomic E-state index is 11.2. The van der Waals surface area contributed by atoms with Gasteiger partial charge in [0, 0.05) is 0 Å². The molecule has 0 aromatic heterocycles. The molecule has 0 fully saturated rings. The average Bonchev–Trinajstić information content (AvgIpc) is 2.28. The highest BCUT2D eigenvalue weighted by Gasteiger charge is 2.31. The summed E-state index contributed by atoms with van der Waals surface area (Å²) in [4.78, 5) is 22.2. The lowest BCUT2D eigenvalue weighted by Gasteiger charge is -2.24. The molecule has 0 spiro atoms. The molecule has 0 heterocycles. The Morgan fingerprint density at radius 3 is 1.79 bits per heavy atom. The highest BCUT2D eigenvalue weighted by atomic mass is 16.4. The third-order valence-corrected chi connectivity index (χ3v) is 3.93. The zero-order valence-electron chi connectivity index (χ0n) is 12.7. The number of carbonyl (C=O) groups is 2. The van der Waals surface area contributed by atoms with Crippen LogP contribution in [0.1, 0.15) is 72.6 Å². The van der Waals surface area contributed by atoms with Gasteiger partial charge in [-0.1, -0.05) is 32.6 Å². The summed E-state index contributed by atoms with van der Waals surface area (Å²) in [7, 11) is 0. The average molecular weight is 272 g/mol. The van der Waals surface area contributed by atoms with Gasteiger partial charge >= 0.3 is 11.9 Å². The monoisotopic (exact) mass is 272 g/mol. The lowest BCUT2D eigenvalue weighted by atomic mass is 9.80. The molecule has 0 aromatic carbocycles. The fourth-order valence-corrected chi connectivity index (χ4v) is 2.26. The summed E-state index contributed by atoms with van der Waals surface area (Å²) in [6, 6.07) is 0. The van der Waals surface area contributed by atoms with Gasteiger partial charge in [0.15, 0.2) is 0 Å². The zero-order valence-corrected chi connectivity index (χ0v) is 12.7. The molecule has 112 valence electrons. The van der Waals surface area contributed by atoms with E-state index in [0.29, 0.717) is 19.3 Å². The van der Waals surface area contributed by atoms with Gasteiger partial charge in [-0.2, -0.15) is 0 Å². The SMILES string of the molecule is CCCC(C)(CCCCCC(C)(C)C(=O)O)C(=O)O. The van der Waals surface area contributed by atoms with E-state index < -0.39 is 22.8 Å². The van der Waals surface area contributed by atoms with Crippen LogP contribution in [0, 0.1) is 10.8 Å². The van der Waals surface area contributed by atoms with E-state index in [1.165, 1.54) is 0 Å². The van der Waals surface area contributed by atoms with E-state index in [0.717, 1.165) is 25.7 Å². The molecule has 0 aliphatic heterocycles. The molecule has 0 rings (SSSR count). The quantitative estimate of drug-likeness (QED) is 0.591. The first-order valence-corrected chi connectivity index (χ1v) is 7.12. The number of rotatable bonds is 10. The Bertz CT molecular complexity index is 309. The largest absolute Gasteiger partial charge is 0.481 e. The lowest BCUT2D eigenvalue weighted by Crippen LogP contribution is -2.27. The normalized spacial score (nSPS) is 14.9. The summed E-state index contributed by atoms with van der Waals surface area (Å²) >= 11 is 0. The Labute approximate surface area is 116 Å². The minimum Gasteiger partial charge on any atom is -0.481 e. The number of carboxylic acid groups (broad SMARTS) is 2. The molecule has 4 heteroatoms. The van der Waals surface area contributed by atoms with Crippen molar-refractivity contribution in [3.63, 3.8) is 0 Å². The van der Waals surface area contributed by atoms with E-state index in [4.69, 9.17) is 5.11 Å². The van der Waals surface area contributed by atoms with Crippen LogP contribution in [0.3, 0.4) is 0 Å². The van der Waals surface area contributed by atoms with Gasteiger partial charge in [-0.15, -0.1) is 0 Å². The van der Waals surface area contributed by atoms with E-state index >= 15 is 0 Å². The minimum atomic E-state index is -0.770. The molecule has 0 aliphatic carbocycles. The van der Waals surface area contributed by atoms with Crippen molar-refractivity contribution in [3.05, 3.63) is 0 Å². The summed E-state index contributed by atoms with van der Waals surface area (Å²) in [6.07, 6.45) is 5.45. The number of carboxylic acids is 2. The second-order valence-corrected chi connectivity index (χ2v) is 6.37. The molecule has 2 N–H and O–H groups in total. The van der Waals surface area contributed by atoms with Crippen molar-refractivity contribution in [2.24, 2.45) is 10.8 Å². The Balaban J connectivity index is 4.03. The van der Waals surface area contributed by atoms with Crippen molar-refractivity contribution < 1.29 is 19.8 Å². The van der Waals surface area contributed by atoms with Gasteiger partial charge < -0.3 is 10.2 Å². The van der Waals surface area contributed by atoms with Crippen LogP contribution in [-0.4, -0.2) is 22.2 Å². The standard InChI is InChI=1S/C15H28O4/c1-5-9-15(4,13(18)19)11-8-6-7-10-14(2,3)12(16)17/h5-11H2,1-4H3,(H,16,17)(H,18,19). The number of hydrogen-bond donors (Lipinski definition) is 2. The Morgan fingerprint density at radius 1 is 0.842 bits per heavy atom. The zero-order chi connectivity index (χ0) is 15.1. The van der Waals surface area contributed by atoms with Gasteiger partial charge in [-0.25, -0.2) is 0 Å². The van der Waals surface area contributed by atoms with E-state index in [-0.39, 0.29) is 0 Å². The fraction of sp³-hybridized carbons (Fsp3) is 0.867. The van der Waals surface area contributed by atoms with Crippen LogP contribution in [-0.2, 0) is 9.59 Å². The maximum Gasteiger partial charge on any atom is 0.309 e. The minimum absolute atomic E-state index is 0.628. The van der Waals surface area contributed by atoms with Gasteiger partial charge in [-0.05, 0) is 40.0 Å². The summed E-state index contributed by atoms with van der Waals surface area (Å²) in [5, 5.41) is 18.2. The summed E-state index contributed by atoms with van der Waals surface area (Å²) in [5.74, 6) is -1.49. The van der Waals surface area contributed by atoms with Crippen molar-refractivity contribution in [1.29, 1.82) is 0 Å². The first-order valence-electron chi connectivity index (χ1n) is 7.12. The maximum absolute atomic E-state index is 11.2. The van der Waals surface area contributed by atoms with Crippen LogP contribution in [0.4, 0.5) is 0 Å². The van der Waals surface area contributed by atoms with E-state index in [2.05, 4.69) is 0 Å². The Hall–Kier alpha value is -1.06. The lowest BCUT2D eigenvalue weighted by molar-refractivity contribution is -0.149. The summed E-state index contributed by atoms with van der Waals surface area (Å²) < 4.78 is 0. The fourth-order valence-electron chi connectivity index (χ4n) is 2.26. The third-order valence-electron chi connectivity index (χ3n) is 3.93. The second kappa shape index (κ2) is 7.51. The second-order valence-electron chi connectivity index (χ2n) is 6.37. The van der Waals surface area contributed by atoms with Gasteiger partial charge in [-0.3, -0.25) is 9.59 Å². The molecule has 4 nitrogen and oxygen atoms in total. The first-order chi connectivity index (χ1) is 8.65. The highest BCUT2D eigenvalue weighted by Crippen LogP contribution is 2.31. The molecule has 0 bridgehead atoms. The molecule has 1 atom stereocenters. The molecular formula is C15H28O4. The van der Waals surface area contributed by atoms with Crippen LogP contribution in [0.5, 0.6) is 0 Å². The number of unbranched alkanes of at least 4 members (excludes halogenated alkanes) is 2. The molecule has 0 saturated heterocycles. The van der Waals surface area contributed by atoms with E-state index in [1.807, 2.05) is 6.92 Å². The number of hydrogen-bond acceptors (Lipinski definition) is 2. The smallest absolute Gasteiger partial charge is 0.309 e. The van der Waals surface area contributed by atoms with Gasteiger partial charge in [0.05, 0.1) is 10.8 Å². The van der Waals surface area contributed by atoms with Crippen molar-refractivity contribution in [2.75, 3.05) is 0 Å². The van der Waals surface area contributed by atoms with Crippen LogP contribution in [0.25, 0.3) is 0 Å². The van der Waals surface area contributed by atoms with Gasteiger partial charge in [0.2, 0.25) is 0 Å². The topological polar surface area (TPSA) is 74.6 Å². The third kappa shape index (κ3) is 6.08. The molecule has 0 radical (unpaired) electrons. The first kappa shape index (κ1) is 17.9. The van der Waals surface area contributed by atoms with Crippen molar-refractivity contribution >= 4 is 11.9 Å². The molecule has 1 unspecified atom stereocenters. The summed E-state index contributed by atoms with van der Waals surface area (Å²) in [6.45, 7) is 7.26. The van der Waals surface area contributed by atoms with E-state index in [9.17, 15) is 14.7 Å². The summed E-state index contributed by atoms with van der Waals surface area (Å²) in [5.41, 5.74) is -1.31. The Kier molecular flexibility index (Phi) is 7.09. The predicted octanol–water partition coefficient (Wildman–Crippen LogP) is 3.94. The van der Waals surface area contributed by atoms with Gasteiger partial charge in [0.25, 0.3) is 0 Å². The van der Waals surface area contributed by atoms with Crippen molar-refractivity contribution in [1.82, 2.24) is 0 Å². The molecule has 0 amide bonds. The van der Waals surface area contributed by atoms with Crippen LogP contribution in [0.15, 0.2) is 0 Å². The number of aliphatic carboxylic acids is 2. The van der Waals surface area contributed by atoms with Crippen LogP contribution >= 0.6 is 0 Å². The predicted molar refractivity (Wildman–Crippen MR) is 75.2 cm³/mol. The molecule has 0 aliphatic rings.